The molecule has 0 aliphatic rings. The van der Waals surface area contributed by atoms with E-state index in [1.807, 2.05) is 6.92 Å². The molecule has 1 aromatic heterocycles. The number of hydrogen-bond donors (Lipinski definition) is 4. The monoisotopic (exact) mass is 373 g/mol. The predicted octanol–water partition coefficient (Wildman–Crippen LogP) is 0.889. The van der Waals surface area contributed by atoms with Crippen molar-refractivity contribution >= 4 is 5.91 Å². The van der Waals surface area contributed by atoms with Gasteiger partial charge in [0.2, 0.25) is 0 Å². The van der Waals surface area contributed by atoms with E-state index in [-0.39, 0.29) is 18.7 Å². The number of nitrogens with one attached hydrogen (secondary N) is 2. The van der Waals surface area contributed by atoms with E-state index in [0.717, 1.165) is 17.8 Å². The highest BCUT2D eigenvalue weighted by molar-refractivity contribution is 5.94. The number of nitrogens with two attached hydrogens (primary N) is 2. The first-order valence-corrected chi connectivity index (χ1v) is 7.66. The number of hydrogen-bond acceptors (Lipinski definition) is 6. The van der Waals surface area contributed by atoms with Crippen LogP contribution in [-0.2, 0) is 0 Å². The Labute approximate surface area is 149 Å². The van der Waals surface area contributed by atoms with Gasteiger partial charge in [-0.05, 0) is 31.7 Å². The molecule has 0 saturated carbocycles. The Morgan fingerprint density at radius 1 is 1.42 bits per heavy atom. The topological polar surface area (TPSA) is 115 Å². The Morgan fingerprint density at radius 3 is 2.65 bits per heavy atom. The third kappa shape index (κ3) is 6.73. The number of rotatable bonds is 9. The minimum absolute atomic E-state index is 0.0431. The SMILES string of the molecule is CNC/C(C)=C\C(N)=C(\CN)CNC(=O)c1cnc(OC(F)F)c(F)c1. The molecular weight excluding hydrogens is 351 g/mol. The zero-order valence-electron chi connectivity index (χ0n) is 14.5. The Morgan fingerprint density at radius 2 is 2.12 bits per heavy atom. The molecule has 1 rings (SSSR count). The van der Waals surface area contributed by atoms with E-state index in [1.165, 1.54) is 0 Å². The number of alkyl halides is 2. The number of amides is 1. The smallest absolute Gasteiger partial charge is 0.388 e. The number of aromatic nitrogens is 1. The molecule has 10 heteroatoms. The summed E-state index contributed by atoms with van der Waals surface area (Å²) in [7, 11) is 1.80. The van der Waals surface area contributed by atoms with E-state index >= 15 is 0 Å². The normalized spacial score (nSPS) is 12.8. The summed E-state index contributed by atoms with van der Waals surface area (Å²) in [6.07, 6.45) is 2.67. The van der Waals surface area contributed by atoms with Crippen LogP contribution in [0.3, 0.4) is 0 Å². The van der Waals surface area contributed by atoms with Crippen LogP contribution in [-0.4, -0.2) is 44.2 Å². The maximum absolute atomic E-state index is 13.6. The molecular formula is C16H22F3N5O2. The van der Waals surface area contributed by atoms with Crippen molar-refractivity contribution < 1.29 is 22.7 Å². The Balaban J connectivity index is 2.81. The minimum atomic E-state index is -3.21. The fraction of sp³-hybridized carbons (Fsp3) is 0.375. The number of halogens is 3. The molecule has 0 fully saturated rings. The van der Waals surface area contributed by atoms with Crippen LogP contribution >= 0.6 is 0 Å². The molecule has 0 bridgehead atoms. The fourth-order valence-corrected chi connectivity index (χ4v) is 2.00. The van der Waals surface area contributed by atoms with Crippen LogP contribution in [0.5, 0.6) is 5.88 Å². The van der Waals surface area contributed by atoms with E-state index in [2.05, 4.69) is 20.4 Å². The lowest BCUT2D eigenvalue weighted by Crippen LogP contribution is -2.29. The maximum Gasteiger partial charge on any atom is 0.388 e. The fourth-order valence-electron chi connectivity index (χ4n) is 2.00. The van der Waals surface area contributed by atoms with Crippen LogP contribution in [0.2, 0.25) is 0 Å². The third-order valence-electron chi connectivity index (χ3n) is 3.24. The average molecular weight is 373 g/mol. The zero-order valence-corrected chi connectivity index (χ0v) is 14.5. The Hall–Kier alpha value is -2.59. The standard InChI is InChI=1S/C16H22F3N5O2/c1-9(6-22-2)3-13(21)11(5-20)8-23-14(25)10-4-12(17)15(24-7-10)26-16(18)19/h3-4,7,16,22H,5-6,8,20-21H2,1-2H3,(H,23,25)/b9-3-,13-11+. The van der Waals surface area contributed by atoms with Crippen molar-refractivity contribution in [2.24, 2.45) is 11.5 Å². The molecule has 1 amide bonds. The second kappa shape index (κ2) is 10.4. The largest absolute Gasteiger partial charge is 0.414 e. The van der Waals surface area contributed by atoms with Gasteiger partial charge < -0.3 is 26.8 Å². The summed E-state index contributed by atoms with van der Waals surface area (Å²) in [5, 5.41) is 5.50. The molecule has 0 atom stereocenters. The van der Waals surface area contributed by atoms with Crippen molar-refractivity contribution in [2.45, 2.75) is 13.5 Å². The van der Waals surface area contributed by atoms with Crippen LogP contribution in [0, 0.1) is 5.82 Å². The van der Waals surface area contributed by atoms with Crippen molar-refractivity contribution in [2.75, 3.05) is 26.7 Å². The van der Waals surface area contributed by atoms with Gasteiger partial charge in [0.25, 0.3) is 11.8 Å². The highest BCUT2D eigenvalue weighted by Crippen LogP contribution is 2.16. The Kier molecular flexibility index (Phi) is 8.59. The van der Waals surface area contributed by atoms with E-state index < -0.39 is 24.2 Å². The lowest BCUT2D eigenvalue weighted by atomic mass is 10.1. The van der Waals surface area contributed by atoms with Gasteiger partial charge in [-0.2, -0.15) is 8.78 Å². The number of likely N-dealkylation sites (N-methyl/N-ethyl adjacent to an activating group) is 1. The van der Waals surface area contributed by atoms with Gasteiger partial charge in [0.05, 0.1) is 5.56 Å². The van der Waals surface area contributed by atoms with Crippen LogP contribution < -0.4 is 26.8 Å². The first-order valence-electron chi connectivity index (χ1n) is 7.66. The first kappa shape index (κ1) is 21.5. The first-order chi connectivity index (χ1) is 12.3. The van der Waals surface area contributed by atoms with E-state index in [1.54, 1.807) is 13.1 Å². The summed E-state index contributed by atoms with van der Waals surface area (Å²) in [5.41, 5.74) is 13.4. The molecule has 0 saturated heterocycles. The van der Waals surface area contributed by atoms with Gasteiger partial charge in [-0.15, -0.1) is 0 Å². The van der Waals surface area contributed by atoms with Gasteiger partial charge in [-0.1, -0.05) is 5.57 Å². The molecule has 1 heterocycles. The average Bonchev–Trinajstić information content (AvgIpc) is 2.56. The summed E-state index contributed by atoms with van der Waals surface area (Å²) >= 11 is 0. The van der Waals surface area contributed by atoms with Gasteiger partial charge >= 0.3 is 6.61 Å². The van der Waals surface area contributed by atoms with Crippen molar-refractivity contribution in [3.8, 4) is 5.88 Å². The van der Waals surface area contributed by atoms with Crippen LogP contribution in [0.1, 0.15) is 17.3 Å². The van der Waals surface area contributed by atoms with Crippen molar-refractivity contribution in [1.82, 2.24) is 15.6 Å². The summed E-state index contributed by atoms with van der Waals surface area (Å²) in [5.74, 6) is -2.71. The predicted molar refractivity (Wildman–Crippen MR) is 91.1 cm³/mol. The van der Waals surface area contributed by atoms with E-state index in [4.69, 9.17) is 11.5 Å². The minimum Gasteiger partial charge on any atom is -0.414 e. The molecule has 0 aliphatic carbocycles. The third-order valence-corrected chi connectivity index (χ3v) is 3.24. The van der Waals surface area contributed by atoms with Crippen LogP contribution in [0.4, 0.5) is 13.2 Å². The number of ether oxygens (including phenoxy) is 1. The lowest BCUT2D eigenvalue weighted by molar-refractivity contribution is -0.0553. The van der Waals surface area contributed by atoms with Gasteiger partial charge in [0.1, 0.15) is 0 Å². The van der Waals surface area contributed by atoms with Gasteiger partial charge in [0, 0.05) is 31.5 Å². The summed E-state index contributed by atoms with van der Waals surface area (Å²) in [6.45, 7) is -0.530. The molecule has 0 spiro atoms. The molecule has 0 aliphatic heterocycles. The second-order valence-electron chi connectivity index (χ2n) is 5.36. The molecule has 0 aromatic carbocycles. The summed E-state index contributed by atoms with van der Waals surface area (Å²) in [4.78, 5) is 15.4. The number of carbonyl (C=O) groups is 1. The lowest BCUT2D eigenvalue weighted by Gasteiger charge is -2.11. The molecule has 144 valence electrons. The van der Waals surface area contributed by atoms with Crippen molar-refractivity contribution in [3.63, 3.8) is 0 Å². The molecule has 1 aromatic rings. The van der Waals surface area contributed by atoms with Crippen LogP contribution in [0.15, 0.2) is 35.2 Å². The maximum atomic E-state index is 13.6. The van der Waals surface area contributed by atoms with Gasteiger partial charge in [-0.25, -0.2) is 9.37 Å². The quantitative estimate of drug-likeness (QED) is 0.478. The summed E-state index contributed by atoms with van der Waals surface area (Å²) in [6, 6.07) is 0.756. The number of allylic oxidation sites excluding steroid dienone is 1. The number of carbonyl (C=O) groups excluding carboxylic acids is 1. The number of nitrogens with zero attached hydrogens (tertiary/aromatic N) is 1. The molecule has 6 N–H and O–H groups in total. The van der Waals surface area contributed by atoms with Crippen LogP contribution in [0.25, 0.3) is 0 Å². The molecule has 0 unspecified atom stereocenters. The number of pyridine rings is 1. The molecule has 0 radical (unpaired) electrons. The van der Waals surface area contributed by atoms with Gasteiger partial charge in [0.15, 0.2) is 5.82 Å². The zero-order chi connectivity index (χ0) is 19.7. The second-order valence-corrected chi connectivity index (χ2v) is 5.36. The van der Waals surface area contributed by atoms with Crippen molar-refractivity contribution in [1.29, 1.82) is 0 Å². The Bertz CT molecular complexity index is 692. The van der Waals surface area contributed by atoms with E-state index in [0.29, 0.717) is 17.8 Å². The molecule has 7 nitrogen and oxygen atoms in total. The highest BCUT2D eigenvalue weighted by Gasteiger charge is 2.15. The molecule has 26 heavy (non-hydrogen) atoms. The summed E-state index contributed by atoms with van der Waals surface area (Å²) < 4.78 is 41.7. The van der Waals surface area contributed by atoms with Gasteiger partial charge in [-0.3, -0.25) is 4.79 Å². The van der Waals surface area contributed by atoms with Crippen molar-refractivity contribution in [3.05, 3.63) is 46.6 Å². The van der Waals surface area contributed by atoms with E-state index in [9.17, 15) is 18.0 Å². The highest BCUT2D eigenvalue weighted by atomic mass is 19.3.